The van der Waals surface area contributed by atoms with Crippen molar-refractivity contribution in [2.45, 2.75) is 85.3 Å². The topological polar surface area (TPSA) is 96.4 Å². The lowest BCUT2D eigenvalue weighted by molar-refractivity contribution is -0.350. The predicted octanol–water partition coefficient (Wildman–Crippen LogP) is 5.18. The Morgan fingerprint density at radius 1 is 1.00 bits per heavy atom. The third kappa shape index (κ3) is 5.08. The molecule has 2 N–H and O–H groups in total. The quantitative estimate of drug-likeness (QED) is 0.346. The number of benzene rings is 1. The minimum absolute atomic E-state index is 0.0437. The maximum absolute atomic E-state index is 14.8. The number of rotatable bonds is 6. The van der Waals surface area contributed by atoms with Gasteiger partial charge in [0.2, 0.25) is 5.91 Å². The van der Waals surface area contributed by atoms with Gasteiger partial charge >= 0.3 is 18.0 Å². The van der Waals surface area contributed by atoms with E-state index < -0.39 is 73.3 Å². The van der Waals surface area contributed by atoms with Gasteiger partial charge in [-0.05, 0) is 75.4 Å². The average molecular weight is 615 g/mol. The Morgan fingerprint density at radius 3 is 2.12 bits per heavy atom. The molecular formula is C26H26F8N2O4S. The van der Waals surface area contributed by atoms with E-state index in [1.165, 1.54) is 13.8 Å². The van der Waals surface area contributed by atoms with Gasteiger partial charge in [-0.1, -0.05) is 6.07 Å². The number of aliphatic hydroxyl groups is 1. The molecule has 0 bridgehead atoms. The molecule has 0 saturated heterocycles. The Labute approximate surface area is 230 Å². The monoisotopic (exact) mass is 614 g/mol. The predicted molar refractivity (Wildman–Crippen MR) is 128 cm³/mol. The second-order valence-electron chi connectivity index (χ2n) is 11.0. The summed E-state index contributed by atoms with van der Waals surface area (Å²) in [4.78, 5) is 15.7. The highest BCUT2D eigenvalue weighted by atomic mass is 32.2. The molecule has 15 heteroatoms. The van der Waals surface area contributed by atoms with E-state index in [2.05, 4.69) is 10.3 Å². The number of sulfone groups is 1. The van der Waals surface area contributed by atoms with Gasteiger partial charge in [0.25, 0.3) is 0 Å². The van der Waals surface area contributed by atoms with Crippen molar-refractivity contribution in [1.82, 2.24) is 10.3 Å². The van der Waals surface area contributed by atoms with E-state index in [1.54, 1.807) is 0 Å². The van der Waals surface area contributed by atoms with Crippen molar-refractivity contribution in [2.24, 2.45) is 5.92 Å². The van der Waals surface area contributed by atoms with E-state index >= 15 is 0 Å². The summed E-state index contributed by atoms with van der Waals surface area (Å²) < 4.78 is 135. The minimum atomic E-state index is -6.41. The maximum Gasteiger partial charge on any atom is 0.437 e. The smallest absolute Gasteiger partial charge is 0.390 e. The standard InChI is InChI=1S/C26H26F8N2O4S/c1-22(2,38)13-21(37)36-19-11-12-23(41(39,40)15-5-3-14(27)4-6-15)16(19)7-9-18-17(23)8-10-20(35-18)24(28,25(29,30)31)26(32,33)34/h3-6,8,10,16,19,38H,7,9,11-13H2,1-2H3,(H,36,37)/t16-,19+,23-/m0/s1. The second kappa shape index (κ2) is 9.89. The van der Waals surface area contributed by atoms with Crippen LogP contribution < -0.4 is 5.32 Å². The lowest BCUT2D eigenvalue weighted by atomic mass is 9.76. The summed E-state index contributed by atoms with van der Waals surface area (Å²) in [6.07, 6.45) is -13.8. The number of pyridine rings is 1. The molecule has 2 aliphatic carbocycles. The van der Waals surface area contributed by atoms with Crippen LogP contribution in [0.4, 0.5) is 35.1 Å². The van der Waals surface area contributed by atoms with Gasteiger partial charge in [0, 0.05) is 17.7 Å². The molecule has 6 nitrogen and oxygen atoms in total. The number of carbonyl (C=O) groups excluding carboxylic acids is 1. The minimum Gasteiger partial charge on any atom is -0.390 e. The lowest BCUT2D eigenvalue weighted by Gasteiger charge is -2.42. The number of fused-ring (bicyclic) bond motifs is 3. The number of halogens is 8. The molecule has 226 valence electrons. The Hall–Kier alpha value is -2.81. The van der Waals surface area contributed by atoms with Crippen LogP contribution in [-0.2, 0) is 31.5 Å². The van der Waals surface area contributed by atoms with Crippen molar-refractivity contribution in [1.29, 1.82) is 0 Å². The van der Waals surface area contributed by atoms with Crippen molar-refractivity contribution in [3.63, 3.8) is 0 Å². The number of aryl methyl sites for hydroxylation is 1. The molecule has 1 heterocycles. The van der Waals surface area contributed by atoms with Gasteiger partial charge in [-0.3, -0.25) is 9.78 Å². The van der Waals surface area contributed by atoms with Gasteiger partial charge in [-0.25, -0.2) is 17.2 Å². The van der Waals surface area contributed by atoms with Gasteiger partial charge in [-0.2, -0.15) is 26.3 Å². The first-order chi connectivity index (χ1) is 18.6. The van der Waals surface area contributed by atoms with Crippen molar-refractivity contribution in [3.8, 4) is 0 Å². The molecule has 2 aromatic rings. The van der Waals surface area contributed by atoms with Crippen molar-refractivity contribution >= 4 is 15.7 Å². The fraction of sp³-hybridized carbons (Fsp3) is 0.538. The van der Waals surface area contributed by atoms with E-state index in [4.69, 9.17) is 0 Å². The summed E-state index contributed by atoms with van der Waals surface area (Å²) in [5.74, 6) is -2.28. The highest BCUT2D eigenvalue weighted by Crippen LogP contribution is 2.58. The molecule has 4 rings (SSSR count). The molecule has 2 aliphatic rings. The summed E-state index contributed by atoms with van der Waals surface area (Å²) in [7, 11) is -4.55. The molecule has 1 aromatic heterocycles. The van der Waals surface area contributed by atoms with Gasteiger partial charge in [0.1, 0.15) is 10.6 Å². The Kier molecular flexibility index (Phi) is 7.51. The number of hydrogen-bond donors (Lipinski definition) is 2. The van der Waals surface area contributed by atoms with E-state index in [1.807, 2.05) is 0 Å². The zero-order valence-electron chi connectivity index (χ0n) is 21.7. The molecule has 1 aromatic carbocycles. The third-order valence-corrected chi connectivity index (χ3v) is 10.3. The highest BCUT2D eigenvalue weighted by Gasteiger charge is 2.75. The first-order valence-corrected chi connectivity index (χ1v) is 14.0. The summed E-state index contributed by atoms with van der Waals surface area (Å²) in [6, 6.07) is 3.82. The van der Waals surface area contributed by atoms with Crippen LogP contribution >= 0.6 is 0 Å². The number of nitrogens with one attached hydrogen (secondary N) is 1. The molecule has 0 spiro atoms. The van der Waals surface area contributed by atoms with Crippen LogP contribution in [0.15, 0.2) is 41.3 Å². The van der Waals surface area contributed by atoms with Crippen molar-refractivity contribution in [2.75, 3.05) is 0 Å². The van der Waals surface area contributed by atoms with E-state index in [9.17, 15) is 53.4 Å². The molecule has 3 atom stereocenters. The zero-order valence-corrected chi connectivity index (χ0v) is 22.5. The van der Waals surface area contributed by atoms with E-state index in [-0.39, 0.29) is 48.6 Å². The molecule has 0 aliphatic heterocycles. The number of alkyl halides is 7. The fourth-order valence-corrected chi connectivity index (χ4v) is 8.45. The first kappa shape index (κ1) is 31.1. The molecule has 41 heavy (non-hydrogen) atoms. The van der Waals surface area contributed by atoms with Gasteiger partial charge in [-0.15, -0.1) is 0 Å². The van der Waals surface area contributed by atoms with Crippen LogP contribution in [-0.4, -0.2) is 48.4 Å². The largest absolute Gasteiger partial charge is 0.437 e. The SMILES string of the molecule is CC(C)(O)CC(=O)N[C@@H]1CC[C@@]2(S(=O)(=O)c3ccc(F)cc3)c3ccc(C(F)(C(F)(F)F)C(F)(F)F)nc3CC[C@@H]12. The van der Waals surface area contributed by atoms with Crippen molar-refractivity contribution < 1.29 is 53.4 Å². The first-order valence-electron chi connectivity index (χ1n) is 12.5. The van der Waals surface area contributed by atoms with Gasteiger partial charge in [0.05, 0.1) is 22.6 Å². The number of aromatic nitrogens is 1. The van der Waals surface area contributed by atoms with E-state index in [0.29, 0.717) is 0 Å². The number of carbonyl (C=O) groups is 1. The molecule has 1 amide bonds. The normalized spacial score (nSPS) is 23.6. The molecule has 0 unspecified atom stereocenters. The van der Waals surface area contributed by atoms with Crippen molar-refractivity contribution in [3.05, 3.63) is 59.2 Å². The molecule has 1 fully saturated rings. The maximum atomic E-state index is 14.8. The number of amides is 1. The Morgan fingerprint density at radius 2 is 1.59 bits per heavy atom. The number of hydrogen-bond acceptors (Lipinski definition) is 5. The van der Waals surface area contributed by atoms with Gasteiger partial charge < -0.3 is 10.4 Å². The summed E-state index contributed by atoms with van der Waals surface area (Å²) in [5, 5.41) is 12.7. The van der Waals surface area contributed by atoms with Crippen LogP contribution in [0.1, 0.15) is 56.5 Å². The van der Waals surface area contributed by atoms with E-state index in [0.717, 1.165) is 30.3 Å². The van der Waals surface area contributed by atoms with Crippen LogP contribution in [0.5, 0.6) is 0 Å². The number of nitrogens with zero attached hydrogens (tertiary/aromatic N) is 1. The van der Waals surface area contributed by atoms with Crippen LogP contribution in [0.25, 0.3) is 0 Å². The molecule has 1 saturated carbocycles. The molecule has 0 radical (unpaired) electrons. The Balaban J connectivity index is 1.89. The fourth-order valence-electron chi connectivity index (χ4n) is 5.99. The van der Waals surface area contributed by atoms with Crippen LogP contribution in [0, 0.1) is 11.7 Å². The summed E-state index contributed by atoms with van der Waals surface area (Å²) >= 11 is 0. The van der Waals surface area contributed by atoms with Crippen LogP contribution in [0.2, 0.25) is 0 Å². The summed E-state index contributed by atoms with van der Waals surface area (Å²) in [6.45, 7) is 2.77. The Bertz CT molecular complexity index is 1420. The van der Waals surface area contributed by atoms with Crippen LogP contribution in [0.3, 0.4) is 0 Å². The molecular weight excluding hydrogens is 588 g/mol. The average Bonchev–Trinajstić information content (AvgIpc) is 3.21. The highest BCUT2D eigenvalue weighted by molar-refractivity contribution is 7.92. The third-order valence-electron chi connectivity index (χ3n) is 7.71. The lowest BCUT2D eigenvalue weighted by Crippen LogP contribution is -2.52. The second-order valence-corrected chi connectivity index (χ2v) is 13.2. The summed E-state index contributed by atoms with van der Waals surface area (Å²) in [5.41, 5.74) is -9.85. The van der Waals surface area contributed by atoms with Gasteiger partial charge in [0.15, 0.2) is 9.84 Å². The zero-order chi connectivity index (χ0) is 30.8.